The summed E-state index contributed by atoms with van der Waals surface area (Å²) in [5, 5.41) is 6.11. The summed E-state index contributed by atoms with van der Waals surface area (Å²) in [6.07, 6.45) is 0. The maximum absolute atomic E-state index is 14.2. The van der Waals surface area contributed by atoms with Crippen LogP contribution in [0.25, 0.3) is 21.9 Å². The molecule has 0 aliphatic rings. The van der Waals surface area contributed by atoms with Crippen LogP contribution in [0, 0.1) is 11.6 Å². The minimum absolute atomic E-state index is 0.0232. The minimum atomic E-state index is -0.550. The number of nitrogens with one attached hydrogen (secondary N) is 2. The van der Waals surface area contributed by atoms with Gasteiger partial charge in [-0.05, 0) is 39.8 Å². The van der Waals surface area contributed by atoms with Gasteiger partial charge in [-0.2, -0.15) is 0 Å². The number of hydrogen-bond acceptors (Lipinski definition) is 4. The zero-order valence-electron chi connectivity index (χ0n) is 14.5. The first-order valence-electron chi connectivity index (χ1n) is 8.19. The molecule has 0 radical (unpaired) electrons. The second-order valence-electron chi connectivity index (χ2n) is 6.69. The fourth-order valence-electron chi connectivity index (χ4n) is 2.74. The summed E-state index contributed by atoms with van der Waals surface area (Å²) >= 11 is 0. The lowest BCUT2D eigenvalue weighted by molar-refractivity contribution is 0.619. The molecular formula is C19H20F2N2O2. The molecule has 0 unspecified atom stereocenters. The Morgan fingerprint density at radius 3 is 1.56 bits per heavy atom. The highest BCUT2D eigenvalue weighted by Gasteiger charge is 2.15. The monoisotopic (exact) mass is 346 g/mol. The highest BCUT2D eigenvalue weighted by molar-refractivity contribution is 5.92. The number of anilines is 2. The normalized spacial score (nSPS) is 11.7. The van der Waals surface area contributed by atoms with Crippen LogP contribution in [0.4, 0.5) is 20.2 Å². The van der Waals surface area contributed by atoms with Crippen molar-refractivity contribution in [3.05, 3.63) is 46.1 Å². The average molecular weight is 346 g/mol. The van der Waals surface area contributed by atoms with Gasteiger partial charge in [0, 0.05) is 24.2 Å². The Kier molecular flexibility index (Phi) is 4.37. The quantitative estimate of drug-likeness (QED) is 0.662. The third-order valence-corrected chi connectivity index (χ3v) is 3.74. The fraction of sp³-hybridized carbons (Fsp3) is 0.316. The van der Waals surface area contributed by atoms with Gasteiger partial charge in [0.05, 0.1) is 22.1 Å². The minimum Gasteiger partial charge on any atom is -0.456 e. The molecule has 0 bridgehead atoms. The van der Waals surface area contributed by atoms with E-state index in [0.717, 1.165) is 12.1 Å². The van der Waals surface area contributed by atoms with Gasteiger partial charge in [0.1, 0.15) is 22.8 Å². The number of fused-ring (bicyclic) bond motifs is 2. The van der Waals surface area contributed by atoms with Crippen molar-refractivity contribution in [2.24, 2.45) is 0 Å². The van der Waals surface area contributed by atoms with Gasteiger partial charge >= 0.3 is 0 Å². The van der Waals surface area contributed by atoms with Crippen LogP contribution in [0.3, 0.4) is 0 Å². The van der Waals surface area contributed by atoms with Crippen LogP contribution in [0.5, 0.6) is 0 Å². The molecule has 3 aromatic rings. The third kappa shape index (κ3) is 3.29. The Morgan fingerprint density at radius 1 is 0.800 bits per heavy atom. The van der Waals surface area contributed by atoms with E-state index in [1.807, 2.05) is 27.7 Å². The Labute approximate surface area is 143 Å². The molecule has 6 heteroatoms. The zero-order valence-corrected chi connectivity index (χ0v) is 14.5. The summed E-state index contributed by atoms with van der Waals surface area (Å²) in [4.78, 5) is 12.6. The van der Waals surface area contributed by atoms with E-state index in [9.17, 15) is 13.6 Å². The number of rotatable bonds is 4. The summed E-state index contributed by atoms with van der Waals surface area (Å²) in [7, 11) is 0. The predicted octanol–water partition coefficient (Wildman–Crippen LogP) is 4.87. The summed E-state index contributed by atoms with van der Waals surface area (Å²) in [5.41, 5.74) is 0.565. The van der Waals surface area contributed by atoms with Gasteiger partial charge in [-0.15, -0.1) is 0 Å². The van der Waals surface area contributed by atoms with Crippen LogP contribution in [-0.2, 0) is 0 Å². The van der Waals surface area contributed by atoms with Crippen LogP contribution in [-0.4, -0.2) is 12.1 Å². The van der Waals surface area contributed by atoms with E-state index >= 15 is 0 Å². The van der Waals surface area contributed by atoms with Crippen LogP contribution in [0.1, 0.15) is 27.7 Å². The average Bonchev–Trinajstić information content (AvgIpc) is 2.50. The van der Waals surface area contributed by atoms with Crippen molar-refractivity contribution in [1.29, 1.82) is 0 Å². The van der Waals surface area contributed by atoms with Crippen molar-refractivity contribution in [2.45, 2.75) is 39.8 Å². The second kappa shape index (κ2) is 6.35. The van der Waals surface area contributed by atoms with Gasteiger partial charge in [-0.3, -0.25) is 4.79 Å². The number of benzene rings is 2. The van der Waals surface area contributed by atoms with E-state index in [1.165, 1.54) is 12.1 Å². The van der Waals surface area contributed by atoms with Crippen LogP contribution in [0.15, 0.2) is 33.5 Å². The maximum atomic E-state index is 14.2. The van der Waals surface area contributed by atoms with E-state index in [4.69, 9.17) is 4.42 Å². The van der Waals surface area contributed by atoms with Crippen LogP contribution >= 0.6 is 0 Å². The zero-order chi connectivity index (χ0) is 18.3. The molecule has 0 atom stereocenters. The Hall–Kier alpha value is -2.63. The molecule has 25 heavy (non-hydrogen) atoms. The summed E-state index contributed by atoms with van der Waals surface area (Å²) in [6.45, 7) is 7.53. The molecule has 1 aromatic heterocycles. The van der Waals surface area contributed by atoms with Gasteiger partial charge in [0.2, 0.25) is 5.43 Å². The molecule has 0 amide bonds. The molecule has 0 aliphatic heterocycles. The van der Waals surface area contributed by atoms with Crippen molar-refractivity contribution in [1.82, 2.24) is 0 Å². The van der Waals surface area contributed by atoms with E-state index in [-0.39, 0.29) is 45.4 Å². The molecule has 132 valence electrons. The van der Waals surface area contributed by atoms with Crippen LogP contribution in [0.2, 0.25) is 0 Å². The van der Waals surface area contributed by atoms with Crippen molar-refractivity contribution in [3.63, 3.8) is 0 Å². The van der Waals surface area contributed by atoms with Gasteiger partial charge < -0.3 is 15.1 Å². The summed E-state index contributed by atoms with van der Waals surface area (Å²) in [5.74, 6) is -1.10. The van der Waals surface area contributed by atoms with Gasteiger partial charge in [0.25, 0.3) is 0 Å². The van der Waals surface area contributed by atoms with E-state index in [1.54, 1.807) is 0 Å². The number of halogens is 2. The number of hydrogen-bond donors (Lipinski definition) is 2. The predicted molar refractivity (Wildman–Crippen MR) is 97.4 cm³/mol. The lowest BCUT2D eigenvalue weighted by Gasteiger charge is -2.13. The largest absolute Gasteiger partial charge is 0.456 e. The molecular weight excluding hydrogens is 326 g/mol. The SMILES string of the molecule is CC(C)Nc1cc2oc3cc(NC(C)C)c(F)cc3c(=O)c2cc1F. The van der Waals surface area contributed by atoms with Crippen molar-refractivity contribution in [2.75, 3.05) is 10.6 Å². The van der Waals surface area contributed by atoms with Crippen molar-refractivity contribution < 1.29 is 13.2 Å². The first-order chi connectivity index (χ1) is 11.8. The van der Waals surface area contributed by atoms with Gasteiger partial charge in [-0.1, -0.05) is 0 Å². The van der Waals surface area contributed by atoms with E-state index in [0.29, 0.717) is 0 Å². The fourth-order valence-corrected chi connectivity index (χ4v) is 2.74. The van der Waals surface area contributed by atoms with Gasteiger partial charge in [-0.25, -0.2) is 8.78 Å². The van der Waals surface area contributed by atoms with E-state index < -0.39 is 17.1 Å². The molecule has 1 heterocycles. The van der Waals surface area contributed by atoms with E-state index in [2.05, 4.69) is 10.6 Å². The Balaban J connectivity index is 2.27. The molecule has 4 nitrogen and oxygen atoms in total. The lowest BCUT2D eigenvalue weighted by atomic mass is 10.1. The molecule has 0 spiro atoms. The first kappa shape index (κ1) is 17.2. The van der Waals surface area contributed by atoms with Crippen LogP contribution < -0.4 is 16.1 Å². The highest BCUT2D eigenvalue weighted by atomic mass is 19.1. The summed E-state index contributed by atoms with van der Waals surface area (Å²) < 4.78 is 34.2. The standard InChI is InChI=1S/C19H20F2N2O2/c1-9(2)22-15-7-17-11(5-13(15)20)19(24)12-6-14(21)16(23-10(3)4)8-18(12)25-17/h5-10,22-23H,1-4H3. The Morgan fingerprint density at radius 2 is 1.20 bits per heavy atom. The second-order valence-corrected chi connectivity index (χ2v) is 6.69. The first-order valence-corrected chi connectivity index (χ1v) is 8.19. The third-order valence-electron chi connectivity index (χ3n) is 3.74. The summed E-state index contributed by atoms with van der Waals surface area (Å²) in [6, 6.07) is 5.23. The van der Waals surface area contributed by atoms with Crippen molar-refractivity contribution >= 4 is 33.3 Å². The molecule has 3 rings (SSSR count). The molecule has 2 N–H and O–H groups in total. The smallest absolute Gasteiger partial charge is 0.200 e. The molecule has 0 saturated heterocycles. The Bertz CT molecular complexity index is 933. The highest BCUT2D eigenvalue weighted by Crippen LogP contribution is 2.28. The van der Waals surface area contributed by atoms with Gasteiger partial charge in [0.15, 0.2) is 0 Å². The lowest BCUT2D eigenvalue weighted by Crippen LogP contribution is -2.13. The molecule has 2 aromatic carbocycles. The van der Waals surface area contributed by atoms with Crippen molar-refractivity contribution in [3.8, 4) is 0 Å². The topological polar surface area (TPSA) is 54.3 Å². The molecule has 0 aliphatic carbocycles. The maximum Gasteiger partial charge on any atom is 0.200 e. The molecule has 0 saturated carbocycles. The molecule has 0 fully saturated rings.